The molecule has 0 spiro atoms. The first-order chi connectivity index (χ1) is 40.0. The molecule has 0 aromatic carbocycles. The van der Waals surface area contributed by atoms with Gasteiger partial charge in [0.05, 0.1) is 0 Å². The molecule has 0 N–H and O–H groups in total. The zero-order valence-electron chi connectivity index (χ0n) is 53.3. The van der Waals surface area contributed by atoms with E-state index >= 15 is 0 Å². The second-order valence-corrected chi connectivity index (χ2v) is 22.7. The number of ether oxygens (including phenoxy) is 3. The molecular formula is C75H128O6. The topological polar surface area (TPSA) is 78.9 Å². The molecule has 81 heavy (non-hydrogen) atoms. The third-order valence-corrected chi connectivity index (χ3v) is 14.7. The first-order valence-corrected chi connectivity index (χ1v) is 34.4. The SMILES string of the molecule is CC/C=C\C/C=C\C/C=C\C/C=C\C/C=C\C/C=C\CCCCCCCCCCCCCCCCCCC(=O)OCC(COC(=O)CCCCCCC/C=C\CCCCC)OC(=O)CCCCCCC/C=C\C/C=C\CCCCCC. The van der Waals surface area contributed by atoms with Gasteiger partial charge >= 0.3 is 17.9 Å². The molecule has 0 aromatic heterocycles. The molecule has 1 atom stereocenters. The largest absolute Gasteiger partial charge is 0.462 e. The van der Waals surface area contributed by atoms with Gasteiger partial charge in [-0.2, -0.15) is 0 Å². The van der Waals surface area contributed by atoms with E-state index in [1.54, 1.807) is 0 Å². The monoisotopic (exact) mass is 1120 g/mol. The zero-order chi connectivity index (χ0) is 58.5. The summed E-state index contributed by atoms with van der Waals surface area (Å²) in [7, 11) is 0. The van der Waals surface area contributed by atoms with Gasteiger partial charge in [-0.25, -0.2) is 0 Å². The van der Waals surface area contributed by atoms with Gasteiger partial charge in [0.2, 0.25) is 0 Å². The van der Waals surface area contributed by atoms with Crippen LogP contribution in [0, 0.1) is 0 Å². The van der Waals surface area contributed by atoms with Crippen LogP contribution < -0.4 is 0 Å². The molecule has 6 nitrogen and oxygen atoms in total. The molecule has 0 aliphatic rings. The first kappa shape index (κ1) is 77.1. The highest BCUT2D eigenvalue weighted by Gasteiger charge is 2.19. The van der Waals surface area contributed by atoms with Crippen molar-refractivity contribution in [2.45, 2.75) is 335 Å². The molecule has 0 aliphatic heterocycles. The van der Waals surface area contributed by atoms with Crippen LogP contribution in [0.4, 0.5) is 0 Å². The van der Waals surface area contributed by atoms with Gasteiger partial charge in [-0.15, -0.1) is 0 Å². The minimum Gasteiger partial charge on any atom is -0.462 e. The Kier molecular flexibility index (Phi) is 65.2. The van der Waals surface area contributed by atoms with Crippen molar-refractivity contribution >= 4 is 17.9 Å². The van der Waals surface area contributed by atoms with Gasteiger partial charge in [0.15, 0.2) is 6.10 Å². The Morgan fingerprint density at radius 2 is 0.481 bits per heavy atom. The van der Waals surface area contributed by atoms with Gasteiger partial charge in [0, 0.05) is 19.3 Å². The Balaban J connectivity index is 4.15. The van der Waals surface area contributed by atoms with Crippen LogP contribution in [0.3, 0.4) is 0 Å². The quantitative estimate of drug-likeness (QED) is 0.0261. The molecule has 1 unspecified atom stereocenters. The second kappa shape index (κ2) is 68.6. The van der Waals surface area contributed by atoms with Crippen molar-refractivity contribution in [3.8, 4) is 0 Å². The standard InChI is InChI=1S/C75H128O6/c1-4-7-10-13-16-19-22-25-27-29-30-31-32-33-34-35-36-37-38-39-40-41-42-43-44-45-46-47-49-50-53-56-59-62-65-68-74(77)80-71-72(70-79-73(76)67-64-61-58-55-52-24-21-18-15-12-9-6-3)81-75(78)69-66-63-60-57-54-51-48-28-26-23-20-17-14-11-8-5-2/h7,10,16,18-21,23,25,27-28,30-31,33-34,36-37,48,72H,4-6,8-9,11-15,17,22,24,26,29,32,35,38-47,49-71H2,1-3H3/b10-7-,19-16-,21-18-,23-20-,27-25-,31-30-,34-33-,37-36-,48-28-. The van der Waals surface area contributed by atoms with E-state index in [4.69, 9.17) is 14.2 Å². The van der Waals surface area contributed by atoms with Gasteiger partial charge in [-0.3, -0.25) is 14.4 Å². The summed E-state index contributed by atoms with van der Waals surface area (Å²) in [5.74, 6) is -0.896. The summed E-state index contributed by atoms with van der Waals surface area (Å²) in [5.41, 5.74) is 0. The van der Waals surface area contributed by atoms with Gasteiger partial charge in [0.1, 0.15) is 13.2 Å². The third-order valence-electron chi connectivity index (χ3n) is 14.7. The van der Waals surface area contributed by atoms with Crippen molar-refractivity contribution in [1.29, 1.82) is 0 Å². The van der Waals surface area contributed by atoms with Crippen molar-refractivity contribution in [1.82, 2.24) is 0 Å². The highest BCUT2D eigenvalue weighted by molar-refractivity contribution is 5.71. The van der Waals surface area contributed by atoms with E-state index in [0.717, 1.165) is 128 Å². The van der Waals surface area contributed by atoms with Crippen LogP contribution in [0.25, 0.3) is 0 Å². The lowest BCUT2D eigenvalue weighted by Gasteiger charge is -2.18. The molecule has 0 heterocycles. The predicted molar refractivity (Wildman–Crippen MR) is 353 cm³/mol. The zero-order valence-corrected chi connectivity index (χ0v) is 53.3. The number of hydrogen-bond donors (Lipinski definition) is 0. The summed E-state index contributed by atoms with van der Waals surface area (Å²) in [6, 6.07) is 0. The Hall–Kier alpha value is -3.93. The number of carbonyl (C=O) groups is 3. The maximum Gasteiger partial charge on any atom is 0.306 e. The number of hydrogen-bond acceptors (Lipinski definition) is 6. The average molecular weight is 1130 g/mol. The Morgan fingerprint density at radius 3 is 0.790 bits per heavy atom. The molecule has 0 rings (SSSR count). The lowest BCUT2D eigenvalue weighted by molar-refractivity contribution is -0.167. The van der Waals surface area contributed by atoms with Gasteiger partial charge in [0.25, 0.3) is 0 Å². The normalized spacial score (nSPS) is 12.8. The van der Waals surface area contributed by atoms with E-state index in [0.29, 0.717) is 19.3 Å². The van der Waals surface area contributed by atoms with Crippen LogP contribution in [0.15, 0.2) is 109 Å². The van der Waals surface area contributed by atoms with Crippen molar-refractivity contribution in [2.75, 3.05) is 13.2 Å². The van der Waals surface area contributed by atoms with Crippen LogP contribution in [0.1, 0.15) is 329 Å². The van der Waals surface area contributed by atoms with Crippen molar-refractivity contribution in [3.05, 3.63) is 109 Å². The van der Waals surface area contributed by atoms with E-state index in [1.807, 2.05) is 0 Å². The molecule has 0 aliphatic carbocycles. The number of rotatable bonds is 62. The van der Waals surface area contributed by atoms with Crippen molar-refractivity contribution < 1.29 is 28.6 Å². The third kappa shape index (κ3) is 66.8. The van der Waals surface area contributed by atoms with Crippen molar-refractivity contribution in [2.24, 2.45) is 0 Å². The van der Waals surface area contributed by atoms with E-state index in [-0.39, 0.29) is 31.1 Å². The minimum atomic E-state index is -0.788. The molecule has 0 aromatic rings. The Labute approximate surface area is 501 Å². The Bertz CT molecular complexity index is 1620. The highest BCUT2D eigenvalue weighted by atomic mass is 16.6. The lowest BCUT2D eigenvalue weighted by atomic mass is 10.0. The summed E-state index contributed by atoms with van der Waals surface area (Å²) < 4.78 is 16.9. The molecule has 0 saturated heterocycles. The van der Waals surface area contributed by atoms with Gasteiger partial charge in [-0.1, -0.05) is 291 Å². The molecule has 0 amide bonds. The summed E-state index contributed by atoms with van der Waals surface area (Å²) in [4.78, 5) is 38.3. The molecule has 0 bridgehead atoms. The fourth-order valence-corrected chi connectivity index (χ4v) is 9.59. The smallest absolute Gasteiger partial charge is 0.306 e. The van der Waals surface area contributed by atoms with Crippen molar-refractivity contribution in [3.63, 3.8) is 0 Å². The molecule has 464 valence electrons. The minimum absolute atomic E-state index is 0.0838. The fraction of sp³-hybridized carbons (Fsp3) is 0.720. The molecule has 0 radical (unpaired) electrons. The van der Waals surface area contributed by atoms with Crippen LogP contribution in [0.2, 0.25) is 0 Å². The maximum absolute atomic E-state index is 12.9. The second-order valence-electron chi connectivity index (χ2n) is 22.7. The summed E-state index contributed by atoms with van der Waals surface area (Å²) in [6.45, 7) is 6.49. The first-order valence-electron chi connectivity index (χ1n) is 34.4. The number of esters is 3. The number of allylic oxidation sites excluding steroid dienone is 18. The van der Waals surface area contributed by atoms with E-state index in [2.05, 4.69) is 130 Å². The average Bonchev–Trinajstić information content (AvgIpc) is 3.47. The summed E-state index contributed by atoms with van der Waals surface area (Å²) >= 11 is 0. The van der Waals surface area contributed by atoms with Crippen LogP contribution in [0.5, 0.6) is 0 Å². The molecule has 0 saturated carbocycles. The molecule has 6 heteroatoms. The van der Waals surface area contributed by atoms with Gasteiger partial charge in [-0.05, 0) is 128 Å². The summed E-state index contributed by atoms with van der Waals surface area (Å²) in [6.07, 6.45) is 94.0. The molecule has 0 fully saturated rings. The van der Waals surface area contributed by atoms with E-state index in [9.17, 15) is 14.4 Å². The molecular weight excluding hydrogens is 997 g/mol. The fourth-order valence-electron chi connectivity index (χ4n) is 9.59. The number of unbranched alkanes of at least 4 members (excludes halogenated alkanes) is 33. The van der Waals surface area contributed by atoms with Crippen LogP contribution in [-0.2, 0) is 28.6 Å². The highest BCUT2D eigenvalue weighted by Crippen LogP contribution is 2.17. The number of carbonyl (C=O) groups excluding carboxylic acids is 3. The van der Waals surface area contributed by atoms with Crippen LogP contribution >= 0.6 is 0 Å². The maximum atomic E-state index is 12.9. The summed E-state index contributed by atoms with van der Waals surface area (Å²) in [5, 5.41) is 0. The van der Waals surface area contributed by atoms with Gasteiger partial charge < -0.3 is 14.2 Å². The van der Waals surface area contributed by atoms with E-state index < -0.39 is 6.10 Å². The van der Waals surface area contributed by atoms with E-state index in [1.165, 1.54) is 161 Å². The lowest BCUT2D eigenvalue weighted by Crippen LogP contribution is -2.30. The van der Waals surface area contributed by atoms with Crippen LogP contribution in [-0.4, -0.2) is 37.2 Å². The Morgan fingerprint density at radius 1 is 0.259 bits per heavy atom. The predicted octanol–water partition coefficient (Wildman–Crippen LogP) is 23.8.